The minimum absolute atomic E-state index is 0.357. The molecule has 4 saturated carbocycles. The molecule has 1 heteroatoms. The Morgan fingerprint density at radius 3 is 1.95 bits per heavy atom. The van der Waals surface area contributed by atoms with Crippen LogP contribution in [0.5, 0.6) is 0 Å². The van der Waals surface area contributed by atoms with Gasteiger partial charge in [-0.1, -0.05) is 11.8 Å². The van der Waals surface area contributed by atoms with Crippen LogP contribution in [-0.2, 0) is 0 Å². The molecule has 0 heterocycles. The first kappa shape index (κ1) is 11.4. The summed E-state index contributed by atoms with van der Waals surface area (Å²) < 4.78 is 0. The third-order valence-electron chi connectivity index (χ3n) is 5.42. The van der Waals surface area contributed by atoms with Crippen molar-refractivity contribution in [1.82, 2.24) is 0 Å². The van der Waals surface area contributed by atoms with Gasteiger partial charge in [-0.2, -0.15) is 0 Å². The molecule has 0 saturated heterocycles. The highest BCUT2D eigenvalue weighted by Gasteiger charge is 2.50. The summed E-state index contributed by atoms with van der Waals surface area (Å²) in [5.74, 6) is 10.0. The van der Waals surface area contributed by atoms with Crippen molar-refractivity contribution in [3.63, 3.8) is 0 Å². The highest BCUT2D eigenvalue weighted by molar-refractivity contribution is 5.45. The molecular weight excluding hydrogens is 230 g/mol. The van der Waals surface area contributed by atoms with Crippen LogP contribution >= 0.6 is 0 Å². The average Bonchev–Trinajstić information content (AvgIpc) is 2.36. The van der Waals surface area contributed by atoms with E-state index in [1.807, 2.05) is 24.3 Å². The van der Waals surface area contributed by atoms with Gasteiger partial charge in [0.15, 0.2) is 0 Å². The number of rotatable bonds is 0. The second-order valence-electron chi connectivity index (χ2n) is 7.07. The molecule has 0 radical (unpaired) electrons. The molecule has 4 fully saturated rings. The van der Waals surface area contributed by atoms with Crippen molar-refractivity contribution in [1.29, 1.82) is 0 Å². The lowest BCUT2D eigenvalue weighted by Crippen LogP contribution is -2.45. The van der Waals surface area contributed by atoms with E-state index in [2.05, 4.69) is 11.8 Å². The minimum Gasteiger partial charge on any atom is -0.399 e. The molecule has 98 valence electrons. The molecule has 4 aliphatic carbocycles. The van der Waals surface area contributed by atoms with Crippen LogP contribution in [0.15, 0.2) is 24.3 Å². The van der Waals surface area contributed by atoms with E-state index in [0.29, 0.717) is 5.41 Å². The lowest BCUT2D eigenvalue weighted by Gasteiger charge is -2.54. The molecule has 2 N–H and O–H groups in total. The van der Waals surface area contributed by atoms with Gasteiger partial charge in [-0.3, -0.25) is 0 Å². The standard InChI is InChI=1S/C18H21N/c19-17-3-1-13(2-4-17)5-6-18-10-14-7-15(11-18)9-16(8-14)12-18/h1-4,14-16H,7-12,19H2. The molecule has 1 aromatic rings. The summed E-state index contributed by atoms with van der Waals surface area (Å²) in [4.78, 5) is 0. The topological polar surface area (TPSA) is 26.0 Å². The Bertz CT molecular complexity index is 508. The van der Waals surface area contributed by atoms with Gasteiger partial charge in [0.05, 0.1) is 0 Å². The zero-order valence-electron chi connectivity index (χ0n) is 11.4. The van der Waals surface area contributed by atoms with Crippen LogP contribution in [0.2, 0.25) is 0 Å². The molecule has 0 aliphatic heterocycles. The Morgan fingerprint density at radius 1 is 0.895 bits per heavy atom. The van der Waals surface area contributed by atoms with Crippen molar-refractivity contribution < 1.29 is 0 Å². The second-order valence-corrected chi connectivity index (χ2v) is 7.07. The molecule has 0 spiro atoms. The van der Waals surface area contributed by atoms with Crippen molar-refractivity contribution in [3.8, 4) is 11.8 Å². The first-order valence-corrected chi connectivity index (χ1v) is 7.59. The van der Waals surface area contributed by atoms with Crippen LogP contribution in [0, 0.1) is 35.0 Å². The molecule has 0 aromatic heterocycles. The summed E-state index contributed by atoms with van der Waals surface area (Å²) in [7, 11) is 0. The van der Waals surface area contributed by atoms with E-state index in [1.54, 1.807) is 0 Å². The Kier molecular flexibility index (Phi) is 2.42. The summed E-state index contributed by atoms with van der Waals surface area (Å²) >= 11 is 0. The van der Waals surface area contributed by atoms with Gasteiger partial charge in [0.25, 0.3) is 0 Å². The van der Waals surface area contributed by atoms with E-state index < -0.39 is 0 Å². The molecule has 4 bridgehead atoms. The molecule has 0 unspecified atom stereocenters. The fourth-order valence-electron chi connectivity index (χ4n) is 5.03. The Morgan fingerprint density at radius 2 is 1.42 bits per heavy atom. The van der Waals surface area contributed by atoms with Crippen LogP contribution < -0.4 is 5.73 Å². The second kappa shape index (κ2) is 4.04. The zero-order valence-corrected chi connectivity index (χ0v) is 11.4. The maximum Gasteiger partial charge on any atom is 0.0326 e. The molecule has 1 nitrogen and oxygen atoms in total. The Hall–Kier alpha value is -1.42. The number of nitrogen functional groups attached to an aromatic ring is 1. The summed E-state index contributed by atoms with van der Waals surface area (Å²) in [6, 6.07) is 7.99. The van der Waals surface area contributed by atoms with Crippen molar-refractivity contribution in [2.45, 2.75) is 38.5 Å². The summed E-state index contributed by atoms with van der Waals surface area (Å²) in [5, 5.41) is 0. The third kappa shape index (κ3) is 2.04. The van der Waals surface area contributed by atoms with E-state index in [9.17, 15) is 0 Å². The van der Waals surface area contributed by atoms with Crippen LogP contribution in [0.25, 0.3) is 0 Å². The fourth-order valence-corrected chi connectivity index (χ4v) is 5.03. The Labute approximate surface area is 115 Å². The van der Waals surface area contributed by atoms with Crippen LogP contribution in [0.1, 0.15) is 44.1 Å². The quantitative estimate of drug-likeness (QED) is 0.550. The van der Waals surface area contributed by atoms with E-state index >= 15 is 0 Å². The monoisotopic (exact) mass is 251 g/mol. The molecule has 0 atom stereocenters. The van der Waals surface area contributed by atoms with Crippen molar-refractivity contribution >= 4 is 5.69 Å². The first-order valence-electron chi connectivity index (χ1n) is 7.59. The molecular formula is C18H21N. The summed E-state index contributed by atoms with van der Waals surface area (Å²) in [6.45, 7) is 0. The van der Waals surface area contributed by atoms with Crippen LogP contribution in [-0.4, -0.2) is 0 Å². The fraction of sp³-hybridized carbons (Fsp3) is 0.556. The highest BCUT2D eigenvalue weighted by Crippen LogP contribution is 2.59. The van der Waals surface area contributed by atoms with Gasteiger partial charge in [0.2, 0.25) is 0 Å². The van der Waals surface area contributed by atoms with Gasteiger partial charge in [-0.25, -0.2) is 0 Å². The molecule has 5 rings (SSSR count). The number of nitrogens with two attached hydrogens (primary N) is 1. The predicted octanol–water partition coefficient (Wildman–Crippen LogP) is 3.84. The van der Waals surface area contributed by atoms with Crippen molar-refractivity contribution in [2.24, 2.45) is 23.2 Å². The highest BCUT2D eigenvalue weighted by atomic mass is 14.5. The molecule has 0 amide bonds. The summed E-state index contributed by atoms with van der Waals surface area (Å²) in [5.41, 5.74) is 8.01. The maximum atomic E-state index is 5.72. The number of benzene rings is 1. The van der Waals surface area contributed by atoms with E-state index in [0.717, 1.165) is 29.0 Å². The van der Waals surface area contributed by atoms with E-state index in [1.165, 1.54) is 38.5 Å². The SMILES string of the molecule is Nc1ccc(C#CC23CC4CC(CC(C4)C2)C3)cc1. The van der Waals surface area contributed by atoms with Gasteiger partial charge in [-0.05, 0) is 80.5 Å². The van der Waals surface area contributed by atoms with E-state index in [4.69, 9.17) is 5.73 Å². The van der Waals surface area contributed by atoms with Crippen molar-refractivity contribution in [3.05, 3.63) is 29.8 Å². The third-order valence-corrected chi connectivity index (χ3v) is 5.42. The van der Waals surface area contributed by atoms with Gasteiger partial charge in [0.1, 0.15) is 0 Å². The van der Waals surface area contributed by atoms with Crippen molar-refractivity contribution in [2.75, 3.05) is 5.73 Å². The molecule has 1 aromatic carbocycles. The molecule has 4 aliphatic rings. The lowest BCUT2D eigenvalue weighted by molar-refractivity contribution is -0.0181. The normalized spacial score (nSPS) is 38.8. The maximum absolute atomic E-state index is 5.72. The number of hydrogen-bond acceptors (Lipinski definition) is 1. The van der Waals surface area contributed by atoms with E-state index in [-0.39, 0.29) is 0 Å². The van der Waals surface area contributed by atoms with Gasteiger partial charge in [0, 0.05) is 16.7 Å². The average molecular weight is 251 g/mol. The Balaban J connectivity index is 1.61. The van der Waals surface area contributed by atoms with Crippen LogP contribution in [0.4, 0.5) is 5.69 Å². The van der Waals surface area contributed by atoms with Crippen LogP contribution in [0.3, 0.4) is 0 Å². The minimum atomic E-state index is 0.357. The zero-order chi connectivity index (χ0) is 12.9. The van der Waals surface area contributed by atoms with Gasteiger partial charge < -0.3 is 5.73 Å². The number of hydrogen-bond donors (Lipinski definition) is 1. The molecule has 19 heavy (non-hydrogen) atoms. The van der Waals surface area contributed by atoms with Gasteiger partial charge >= 0.3 is 0 Å². The number of anilines is 1. The first-order chi connectivity index (χ1) is 9.21. The summed E-state index contributed by atoms with van der Waals surface area (Å²) in [6.07, 6.45) is 8.55. The lowest BCUT2D eigenvalue weighted by atomic mass is 9.50. The predicted molar refractivity (Wildman–Crippen MR) is 78.3 cm³/mol. The largest absolute Gasteiger partial charge is 0.399 e. The van der Waals surface area contributed by atoms with Gasteiger partial charge in [-0.15, -0.1) is 0 Å². The smallest absolute Gasteiger partial charge is 0.0326 e.